The van der Waals surface area contributed by atoms with Gasteiger partial charge in [0, 0.05) is 44.8 Å². The quantitative estimate of drug-likeness (QED) is 0.300. The predicted molar refractivity (Wildman–Crippen MR) is 108 cm³/mol. The van der Waals surface area contributed by atoms with E-state index in [-0.39, 0.29) is 5.78 Å². The van der Waals surface area contributed by atoms with E-state index in [1.807, 2.05) is 19.9 Å². The number of aryl methyl sites for hydroxylation is 2. The van der Waals surface area contributed by atoms with Crippen LogP contribution < -0.4 is 0 Å². The zero-order valence-corrected chi connectivity index (χ0v) is 16.8. The van der Waals surface area contributed by atoms with Crippen LogP contribution in [0.3, 0.4) is 0 Å². The van der Waals surface area contributed by atoms with Gasteiger partial charge in [-0.05, 0) is 44.2 Å². The molecule has 130 valence electrons. The molecule has 3 aromatic rings. The van der Waals surface area contributed by atoms with Crippen molar-refractivity contribution in [3.63, 3.8) is 0 Å². The Morgan fingerprint density at radius 3 is 1.54 bits per heavy atom. The van der Waals surface area contributed by atoms with Gasteiger partial charge in [0.2, 0.25) is 0 Å². The molecule has 1 aliphatic carbocycles. The fourth-order valence-electron chi connectivity index (χ4n) is 3.38. The van der Waals surface area contributed by atoms with E-state index in [1.54, 1.807) is 24.3 Å². The van der Waals surface area contributed by atoms with Crippen LogP contribution in [0.4, 0.5) is 0 Å². The lowest BCUT2D eigenvalue weighted by molar-refractivity contribution is 0.104. The summed E-state index contributed by atoms with van der Waals surface area (Å²) in [5, 5.41) is 1.44. The van der Waals surface area contributed by atoms with E-state index in [1.165, 1.54) is 0 Å². The van der Waals surface area contributed by atoms with Crippen molar-refractivity contribution in [3.8, 4) is 22.3 Å². The van der Waals surface area contributed by atoms with Crippen molar-refractivity contribution in [1.29, 1.82) is 0 Å². The standard InChI is InChI=1S/C20H11Cl4NO/c1-8-12-7-13(9(2)25-8)17-11(4-6-15(22)19(17)24)20(26)10-3-5-14(21)18(23)16(10)12/h3-7H,1-2H3. The SMILES string of the molecule is Cc1nc(C)c2cc1-c1c(ccc(Cl)c1Cl)C(=O)c1ccc(Cl)c(Cl)c1-2. The molecule has 0 fully saturated rings. The van der Waals surface area contributed by atoms with E-state index >= 15 is 0 Å². The van der Waals surface area contributed by atoms with Crippen molar-refractivity contribution in [2.24, 2.45) is 0 Å². The Kier molecular flexibility index (Phi) is 4.28. The Morgan fingerprint density at radius 2 is 1.12 bits per heavy atom. The van der Waals surface area contributed by atoms with Crippen molar-refractivity contribution in [3.05, 3.63) is 72.9 Å². The molecule has 1 aliphatic rings. The second kappa shape index (κ2) is 6.24. The summed E-state index contributed by atoms with van der Waals surface area (Å²) in [5.41, 5.74) is 5.11. The average molecular weight is 423 g/mol. The molecule has 0 unspecified atom stereocenters. The van der Waals surface area contributed by atoms with Gasteiger partial charge in [0.05, 0.1) is 20.1 Å². The van der Waals surface area contributed by atoms with Gasteiger partial charge < -0.3 is 0 Å². The summed E-state index contributed by atoms with van der Waals surface area (Å²) < 4.78 is 0. The van der Waals surface area contributed by atoms with Crippen LogP contribution >= 0.6 is 46.4 Å². The molecule has 0 radical (unpaired) electrons. The van der Waals surface area contributed by atoms with Crippen molar-refractivity contribution in [1.82, 2.24) is 4.98 Å². The molecule has 6 heteroatoms. The molecule has 0 aliphatic heterocycles. The summed E-state index contributed by atoms with van der Waals surface area (Å²) in [6.45, 7) is 3.75. The first-order valence-corrected chi connectivity index (χ1v) is 9.32. The first kappa shape index (κ1) is 17.8. The lowest BCUT2D eigenvalue weighted by atomic mass is 9.85. The Morgan fingerprint density at radius 1 is 0.692 bits per heavy atom. The number of aromatic nitrogens is 1. The van der Waals surface area contributed by atoms with Gasteiger partial charge in [-0.25, -0.2) is 0 Å². The summed E-state index contributed by atoms with van der Waals surface area (Å²) >= 11 is 25.4. The third kappa shape index (κ3) is 2.48. The first-order valence-electron chi connectivity index (χ1n) is 7.81. The fraction of sp³-hybridized carbons (Fsp3) is 0.100. The third-order valence-electron chi connectivity index (χ3n) is 4.62. The molecular formula is C20H11Cl4NO. The molecule has 0 atom stereocenters. The van der Waals surface area contributed by atoms with Crippen LogP contribution in [-0.2, 0) is 0 Å². The molecule has 4 rings (SSSR count). The van der Waals surface area contributed by atoms with Crippen molar-refractivity contribution in [2.45, 2.75) is 13.8 Å². The number of ketones is 1. The molecule has 2 nitrogen and oxygen atoms in total. The second-order valence-corrected chi connectivity index (χ2v) is 7.72. The Balaban J connectivity index is 2.25. The topological polar surface area (TPSA) is 30.0 Å². The smallest absolute Gasteiger partial charge is 0.194 e. The Labute approximate surface area is 170 Å². The van der Waals surface area contributed by atoms with Crippen molar-refractivity contribution >= 4 is 52.2 Å². The molecule has 0 saturated heterocycles. The number of hydrogen-bond donors (Lipinski definition) is 0. The maximum Gasteiger partial charge on any atom is 0.194 e. The number of pyridine rings is 1. The molecule has 26 heavy (non-hydrogen) atoms. The van der Waals surface area contributed by atoms with Crippen molar-refractivity contribution < 1.29 is 4.79 Å². The van der Waals surface area contributed by atoms with Gasteiger partial charge in [-0.3, -0.25) is 9.78 Å². The number of halogens is 4. The molecule has 0 N–H and O–H groups in total. The van der Waals surface area contributed by atoms with Crippen LogP contribution in [0.25, 0.3) is 22.3 Å². The number of hydrogen-bond acceptors (Lipinski definition) is 2. The van der Waals surface area contributed by atoms with Crippen LogP contribution in [0.15, 0.2) is 30.3 Å². The lowest BCUT2D eigenvalue weighted by Crippen LogP contribution is -2.11. The van der Waals surface area contributed by atoms with Crippen LogP contribution in [0.5, 0.6) is 0 Å². The fourth-order valence-corrected chi connectivity index (χ4v) is 4.23. The minimum absolute atomic E-state index is 0.183. The molecule has 1 aromatic heterocycles. The summed E-state index contributed by atoms with van der Waals surface area (Å²) in [6.07, 6.45) is 0. The second-order valence-electron chi connectivity index (χ2n) is 6.15. The van der Waals surface area contributed by atoms with Gasteiger partial charge in [0.25, 0.3) is 0 Å². The molecule has 2 bridgehead atoms. The summed E-state index contributed by atoms with van der Waals surface area (Å²) in [6, 6.07) is 8.56. The maximum absolute atomic E-state index is 13.4. The highest BCUT2D eigenvalue weighted by atomic mass is 35.5. The summed E-state index contributed by atoms with van der Waals surface area (Å²) in [5.74, 6) is -0.183. The van der Waals surface area contributed by atoms with Crippen LogP contribution in [-0.4, -0.2) is 10.8 Å². The van der Waals surface area contributed by atoms with Crippen LogP contribution in [0.1, 0.15) is 27.3 Å². The largest absolute Gasteiger partial charge is 0.289 e. The monoisotopic (exact) mass is 421 g/mol. The minimum Gasteiger partial charge on any atom is -0.289 e. The lowest BCUT2D eigenvalue weighted by Gasteiger charge is -2.22. The van der Waals surface area contributed by atoms with E-state index < -0.39 is 0 Å². The number of fused-ring (bicyclic) bond motifs is 6. The van der Waals surface area contributed by atoms with Gasteiger partial charge in [0.15, 0.2) is 5.78 Å². The predicted octanol–water partition coefficient (Wildman–Crippen LogP) is 7.19. The highest BCUT2D eigenvalue weighted by Crippen LogP contribution is 2.46. The number of carbonyl (C=O) groups is 1. The highest BCUT2D eigenvalue weighted by Gasteiger charge is 2.29. The molecular weight excluding hydrogens is 412 g/mol. The molecule has 0 saturated carbocycles. The molecule has 1 heterocycles. The number of benzene rings is 2. The zero-order valence-electron chi connectivity index (χ0n) is 13.8. The normalized spacial score (nSPS) is 12.3. The van der Waals surface area contributed by atoms with E-state index in [4.69, 9.17) is 46.4 Å². The molecule has 0 spiro atoms. The highest BCUT2D eigenvalue weighted by molar-refractivity contribution is 6.46. The molecule has 0 amide bonds. The number of rotatable bonds is 0. The third-order valence-corrected chi connectivity index (χ3v) is 6.23. The number of carbonyl (C=O) groups excluding carboxylic acids is 1. The Hall–Kier alpha value is -1.58. The van der Waals surface area contributed by atoms with E-state index in [2.05, 4.69) is 4.98 Å². The summed E-state index contributed by atoms with van der Waals surface area (Å²) in [4.78, 5) is 18.0. The van der Waals surface area contributed by atoms with Crippen LogP contribution in [0, 0.1) is 13.8 Å². The van der Waals surface area contributed by atoms with Gasteiger partial charge in [-0.2, -0.15) is 0 Å². The number of nitrogens with zero attached hydrogens (tertiary/aromatic N) is 1. The van der Waals surface area contributed by atoms with Crippen molar-refractivity contribution in [2.75, 3.05) is 0 Å². The van der Waals surface area contributed by atoms with Gasteiger partial charge in [0.1, 0.15) is 0 Å². The minimum atomic E-state index is -0.183. The first-order chi connectivity index (χ1) is 12.3. The summed E-state index contributed by atoms with van der Waals surface area (Å²) in [7, 11) is 0. The average Bonchev–Trinajstić information content (AvgIpc) is 2.59. The maximum atomic E-state index is 13.4. The van der Waals surface area contributed by atoms with E-state index in [9.17, 15) is 4.79 Å². The van der Waals surface area contributed by atoms with E-state index in [0.29, 0.717) is 42.3 Å². The van der Waals surface area contributed by atoms with Gasteiger partial charge in [-0.15, -0.1) is 0 Å². The van der Waals surface area contributed by atoms with E-state index in [0.717, 1.165) is 22.5 Å². The zero-order chi connectivity index (χ0) is 18.7. The van der Waals surface area contributed by atoms with Gasteiger partial charge >= 0.3 is 0 Å². The molecule has 2 aromatic carbocycles. The van der Waals surface area contributed by atoms with Gasteiger partial charge in [-0.1, -0.05) is 46.4 Å². The Bertz CT molecular complexity index is 1040. The van der Waals surface area contributed by atoms with Crippen LogP contribution in [0.2, 0.25) is 20.1 Å².